The average Bonchev–Trinajstić information content (AvgIpc) is 2.33. The summed E-state index contributed by atoms with van der Waals surface area (Å²) in [5.41, 5.74) is 0.459. The molecule has 0 fully saturated rings. The minimum absolute atomic E-state index is 0.172. The maximum absolute atomic E-state index is 11.6. The van der Waals surface area contributed by atoms with Crippen molar-refractivity contribution < 1.29 is 26.4 Å². The maximum Gasteiger partial charge on any atom is 0.338 e. The molecule has 9 heteroatoms. The van der Waals surface area contributed by atoms with Crippen LogP contribution in [0.5, 0.6) is 0 Å². The Morgan fingerprint density at radius 3 is 2.19 bits per heavy atom. The fraction of sp³-hybridized carbons (Fsp3) is 0.417. The van der Waals surface area contributed by atoms with Crippen LogP contribution in [0.3, 0.4) is 0 Å². The molecule has 1 rings (SSSR count). The highest BCUT2D eigenvalue weighted by atomic mass is 32.3. The average molecular weight is 335 g/mol. The first-order valence-corrected chi connectivity index (χ1v) is 9.79. The molecule has 0 aliphatic heterocycles. The van der Waals surface area contributed by atoms with Crippen molar-refractivity contribution in [3.63, 3.8) is 0 Å². The summed E-state index contributed by atoms with van der Waals surface area (Å²) in [5, 5.41) is -1.000. The fourth-order valence-corrected chi connectivity index (χ4v) is 4.43. The summed E-state index contributed by atoms with van der Waals surface area (Å²) >= 11 is 0. The predicted molar refractivity (Wildman–Crippen MR) is 79.3 cm³/mol. The van der Waals surface area contributed by atoms with Gasteiger partial charge in [0.2, 0.25) is 10.0 Å². The van der Waals surface area contributed by atoms with Crippen LogP contribution in [0.15, 0.2) is 24.3 Å². The maximum atomic E-state index is 11.6. The van der Waals surface area contributed by atoms with Gasteiger partial charge in [0.15, 0.2) is 14.9 Å². The van der Waals surface area contributed by atoms with Gasteiger partial charge in [-0.25, -0.2) is 21.6 Å². The van der Waals surface area contributed by atoms with Gasteiger partial charge in [0.1, 0.15) is 0 Å². The van der Waals surface area contributed by atoms with Gasteiger partial charge >= 0.3 is 5.97 Å². The van der Waals surface area contributed by atoms with Crippen molar-refractivity contribution in [1.82, 2.24) is 0 Å². The van der Waals surface area contributed by atoms with Crippen molar-refractivity contribution in [3.05, 3.63) is 29.8 Å². The molecule has 0 bridgehead atoms. The zero-order valence-corrected chi connectivity index (χ0v) is 13.3. The Kier molecular flexibility index (Phi) is 5.73. The highest BCUT2D eigenvalue weighted by Crippen LogP contribution is 2.13. The van der Waals surface area contributed by atoms with E-state index in [4.69, 9.17) is 4.74 Å². The molecular weight excluding hydrogens is 318 g/mol. The van der Waals surface area contributed by atoms with Crippen LogP contribution in [0.1, 0.15) is 23.7 Å². The van der Waals surface area contributed by atoms with Crippen LogP contribution in [-0.2, 0) is 24.6 Å². The van der Waals surface area contributed by atoms with Gasteiger partial charge in [0, 0.05) is 11.9 Å². The molecular formula is C12H17NO6S2. The molecule has 0 atom stereocenters. The van der Waals surface area contributed by atoms with Crippen molar-refractivity contribution in [3.8, 4) is 0 Å². The number of benzene rings is 1. The molecule has 0 radical (unpaired) electrons. The van der Waals surface area contributed by atoms with Gasteiger partial charge in [0.25, 0.3) is 0 Å². The monoisotopic (exact) mass is 335 g/mol. The van der Waals surface area contributed by atoms with Crippen molar-refractivity contribution >= 4 is 31.5 Å². The second-order valence-corrected chi connectivity index (χ2v) is 8.70. The van der Waals surface area contributed by atoms with Crippen molar-refractivity contribution in [2.45, 2.75) is 13.3 Å². The van der Waals surface area contributed by atoms with Gasteiger partial charge in [0.05, 0.1) is 12.2 Å². The van der Waals surface area contributed by atoms with E-state index < -0.39 is 30.9 Å². The highest BCUT2D eigenvalue weighted by molar-refractivity contribution is 8.08. The Morgan fingerprint density at radius 1 is 1.14 bits per heavy atom. The van der Waals surface area contributed by atoms with E-state index in [0.29, 0.717) is 13.0 Å². The molecule has 0 saturated carbocycles. The zero-order chi connectivity index (χ0) is 16.1. The fourth-order valence-electron chi connectivity index (χ4n) is 1.44. The molecule has 1 N–H and O–H groups in total. The number of anilines is 1. The predicted octanol–water partition coefficient (Wildman–Crippen LogP) is 0.997. The number of hydrogen-bond acceptors (Lipinski definition) is 6. The van der Waals surface area contributed by atoms with Crippen LogP contribution in [0.4, 0.5) is 5.69 Å². The summed E-state index contributed by atoms with van der Waals surface area (Å²) < 4.78 is 52.2. The van der Waals surface area contributed by atoms with Gasteiger partial charge in [-0.2, -0.15) is 0 Å². The summed E-state index contributed by atoms with van der Waals surface area (Å²) in [6, 6.07) is 5.53. The summed E-state index contributed by atoms with van der Waals surface area (Å²) in [4.78, 5) is 11.5. The molecule has 0 saturated heterocycles. The lowest BCUT2D eigenvalue weighted by atomic mass is 10.2. The number of sulfonamides is 1. The molecule has 0 aliphatic carbocycles. The summed E-state index contributed by atoms with van der Waals surface area (Å²) in [7, 11) is -7.65. The first-order valence-electron chi connectivity index (χ1n) is 6.08. The third kappa shape index (κ3) is 6.58. The SMILES string of the molecule is CCCOC(=O)c1ccc(NS(=O)(=O)CS(C)(=O)=O)cc1. The molecule has 118 valence electrons. The van der Waals surface area contributed by atoms with E-state index in [2.05, 4.69) is 4.72 Å². The van der Waals surface area contributed by atoms with Gasteiger partial charge in [-0.05, 0) is 30.7 Å². The van der Waals surface area contributed by atoms with Crippen LogP contribution >= 0.6 is 0 Å². The molecule has 0 aromatic heterocycles. The number of nitrogens with one attached hydrogen (secondary N) is 1. The Hall–Kier alpha value is -1.61. The standard InChI is InChI=1S/C12H17NO6S2/c1-3-8-19-12(14)10-4-6-11(7-5-10)13-21(17,18)9-20(2,15)16/h4-7,13H,3,8-9H2,1-2H3. The van der Waals surface area contributed by atoms with Crippen LogP contribution in [0.25, 0.3) is 0 Å². The van der Waals surface area contributed by atoms with Crippen LogP contribution in [-0.4, -0.2) is 40.8 Å². The normalized spacial score (nSPS) is 11.9. The van der Waals surface area contributed by atoms with E-state index in [-0.39, 0.29) is 11.3 Å². The second kappa shape index (κ2) is 6.90. The topological polar surface area (TPSA) is 107 Å². The third-order valence-electron chi connectivity index (χ3n) is 2.20. The van der Waals surface area contributed by atoms with Crippen molar-refractivity contribution in [2.24, 2.45) is 0 Å². The largest absolute Gasteiger partial charge is 0.462 e. The van der Waals surface area contributed by atoms with E-state index in [1.165, 1.54) is 24.3 Å². The molecule has 0 unspecified atom stereocenters. The van der Waals surface area contributed by atoms with Crippen molar-refractivity contribution in [1.29, 1.82) is 0 Å². The van der Waals surface area contributed by atoms with Crippen LogP contribution in [0, 0.1) is 0 Å². The number of esters is 1. The Morgan fingerprint density at radius 2 is 1.71 bits per heavy atom. The lowest BCUT2D eigenvalue weighted by Crippen LogP contribution is -2.22. The van der Waals surface area contributed by atoms with Gasteiger partial charge in [-0.1, -0.05) is 6.92 Å². The molecule has 0 amide bonds. The van der Waals surface area contributed by atoms with E-state index in [9.17, 15) is 21.6 Å². The first-order chi connectivity index (χ1) is 9.63. The molecule has 0 aliphatic rings. The minimum Gasteiger partial charge on any atom is -0.462 e. The molecule has 0 spiro atoms. The van der Waals surface area contributed by atoms with E-state index >= 15 is 0 Å². The molecule has 7 nitrogen and oxygen atoms in total. The van der Waals surface area contributed by atoms with Gasteiger partial charge in [-0.3, -0.25) is 4.72 Å². The third-order valence-corrected chi connectivity index (χ3v) is 5.70. The Bertz CT molecular complexity index is 692. The molecule has 0 heterocycles. The number of carbonyl (C=O) groups is 1. The molecule has 1 aromatic rings. The number of rotatable bonds is 7. The number of sulfone groups is 1. The quantitative estimate of drug-likeness (QED) is 0.745. The van der Waals surface area contributed by atoms with Crippen LogP contribution in [0.2, 0.25) is 0 Å². The summed E-state index contributed by atoms with van der Waals surface area (Å²) in [6.07, 6.45) is 1.54. The number of carbonyl (C=O) groups excluding carboxylic acids is 1. The first kappa shape index (κ1) is 17.4. The minimum atomic E-state index is -3.99. The summed E-state index contributed by atoms with van der Waals surface area (Å²) in [5.74, 6) is -0.498. The number of ether oxygens (including phenoxy) is 1. The van der Waals surface area contributed by atoms with Crippen LogP contribution < -0.4 is 4.72 Å². The van der Waals surface area contributed by atoms with E-state index in [1.54, 1.807) is 0 Å². The summed E-state index contributed by atoms with van der Waals surface area (Å²) in [6.45, 7) is 2.18. The number of hydrogen-bond donors (Lipinski definition) is 1. The van der Waals surface area contributed by atoms with Gasteiger partial charge < -0.3 is 4.74 Å². The molecule has 1 aromatic carbocycles. The Balaban J connectivity index is 2.77. The van der Waals surface area contributed by atoms with Gasteiger partial charge in [-0.15, -0.1) is 0 Å². The smallest absolute Gasteiger partial charge is 0.338 e. The molecule has 21 heavy (non-hydrogen) atoms. The van der Waals surface area contributed by atoms with E-state index in [0.717, 1.165) is 6.26 Å². The highest BCUT2D eigenvalue weighted by Gasteiger charge is 2.18. The Labute approximate surface area is 124 Å². The second-order valence-electron chi connectivity index (χ2n) is 4.47. The van der Waals surface area contributed by atoms with E-state index in [1.807, 2.05) is 6.92 Å². The zero-order valence-electron chi connectivity index (χ0n) is 11.7. The lowest BCUT2D eigenvalue weighted by molar-refractivity contribution is 0.0505. The van der Waals surface area contributed by atoms with Crippen molar-refractivity contribution in [2.75, 3.05) is 22.7 Å². The lowest BCUT2D eigenvalue weighted by Gasteiger charge is -2.08.